The summed E-state index contributed by atoms with van der Waals surface area (Å²) in [5, 5.41) is 9.06. The van der Waals surface area contributed by atoms with Gasteiger partial charge in [0.25, 0.3) is 0 Å². The van der Waals surface area contributed by atoms with Crippen LogP contribution in [0, 0.1) is 0 Å². The zero-order chi connectivity index (χ0) is 17.7. The first kappa shape index (κ1) is 17.3. The second-order valence-electron chi connectivity index (χ2n) is 6.92. The Kier molecular flexibility index (Phi) is 5.27. The number of benzene rings is 1. The minimum absolute atomic E-state index is 0.281. The van der Waals surface area contributed by atoms with Gasteiger partial charge in [0.2, 0.25) is 0 Å². The lowest BCUT2D eigenvalue weighted by Crippen LogP contribution is -2.26. The minimum Gasteiger partial charge on any atom is -0.314 e. The van der Waals surface area contributed by atoms with Gasteiger partial charge in [0.15, 0.2) is 0 Å². The second kappa shape index (κ2) is 7.60. The van der Waals surface area contributed by atoms with Crippen LogP contribution in [0.5, 0.6) is 0 Å². The Bertz CT molecular complexity index is 791. The molecule has 3 rings (SSSR count). The molecule has 0 amide bonds. The lowest BCUT2D eigenvalue weighted by molar-refractivity contribution is 0.508. The molecule has 0 aliphatic rings. The molecule has 130 valence electrons. The average Bonchev–Trinajstić information content (AvgIpc) is 3.05. The van der Waals surface area contributed by atoms with E-state index in [0.29, 0.717) is 0 Å². The van der Waals surface area contributed by atoms with E-state index in [9.17, 15) is 0 Å². The van der Waals surface area contributed by atoms with Gasteiger partial charge >= 0.3 is 0 Å². The number of nitrogens with zero attached hydrogens (tertiary/aromatic N) is 4. The first-order chi connectivity index (χ1) is 12.1. The van der Waals surface area contributed by atoms with Crippen molar-refractivity contribution in [3.63, 3.8) is 0 Å². The van der Waals surface area contributed by atoms with E-state index in [1.54, 1.807) is 0 Å². The van der Waals surface area contributed by atoms with Gasteiger partial charge in [0, 0.05) is 19.2 Å². The lowest BCUT2D eigenvalue weighted by atomic mass is 9.87. The summed E-state index contributed by atoms with van der Waals surface area (Å²) in [6.07, 6.45) is 4.82. The highest BCUT2D eigenvalue weighted by atomic mass is 15.3. The van der Waals surface area contributed by atoms with Crippen molar-refractivity contribution >= 4 is 0 Å². The van der Waals surface area contributed by atoms with Crippen LogP contribution in [0.4, 0.5) is 0 Å². The van der Waals surface area contributed by atoms with Crippen molar-refractivity contribution in [1.29, 1.82) is 0 Å². The molecule has 0 fully saturated rings. The van der Waals surface area contributed by atoms with Crippen LogP contribution in [-0.4, -0.2) is 19.7 Å². The quantitative estimate of drug-likeness (QED) is 0.650. The highest BCUT2D eigenvalue weighted by Crippen LogP contribution is 2.29. The number of hydrogen-bond donors (Lipinski definition) is 0. The topological polar surface area (TPSA) is 43.6 Å². The van der Waals surface area contributed by atoms with E-state index in [0.717, 1.165) is 43.1 Å². The Labute approximate surface area is 150 Å². The third kappa shape index (κ3) is 3.78. The standard InChI is InChI=1S/C21H26N4/c1-4-10-19-23-24-20(21(2,3)18-13-8-9-15-22-18)25(19)16-14-17-11-6-5-7-12-17/h5-9,11-13,15H,4,10,14,16H2,1-3H3. The summed E-state index contributed by atoms with van der Waals surface area (Å²) >= 11 is 0. The molecular weight excluding hydrogens is 308 g/mol. The summed E-state index contributed by atoms with van der Waals surface area (Å²) in [6, 6.07) is 16.6. The Morgan fingerprint density at radius 3 is 2.36 bits per heavy atom. The largest absolute Gasteiger partial charge is 0.314 e. The molecule has 0 radical (unpaired) electrons. The maximum atomic E-state index is 4.57. The third-order valence-electron chi connectivity index (χ3n) is 4.63. The normalized spacial score (nSPS) is 11.6. The molecule has 4 nitrogen and oxygen atoms in total. The van der Waals surface area contributed by atoms with Gasteiger partial charge in [-0.05, 0) is 44.4 Å². The van der Waals surface area contributed by atoms with Crippen molar-refractivity contribution in [2.45, 2.75) is 52.0 Å². The van der Waals surface area contributed by atoms with Crippen molar-refractivity contribution in [1.82, 2.24) is 19.7 Å². The minimum atomic E-state index is -0.281. The number of pyridine rings is 1. The molecule has 0 saturated heterocycles. The fourth-order valence-corrected chi connectivity index (χ4v) is 3.17. The second-order valence-corrected chi connectivity index (χ2v) is 6.92. The lowest BCUT2D eigenvalue weighted by Gasteiger charge is -2.24. The van der Waals surface area contributed by atoms with E-state index in [1.165, 1.54) is 5.56 Å². The molecule has 0 spiro atoms. The molecule has 0 bridgehead atoms. The molecule has 4 heteroatoms. The molecular formula is C21H26N4. The van der Waals surface area contributed by atoms with E-state index < -0.39 is 0 Å². The molecule has 0 aliphatic heterocycles. The molecule has 25 heavy (non-hydrogen) atoms. The molecule has 0 saturated carbocycles. The van der Waals surface area contributed by atoms with Crippen molar-refractivity contribution in [3.05, 3.63) is 77.6 Å². The summed E-state index contributed by atoms with van der Waals surface area (Å²) in [5.41, 5.74) is 2.07. The van der Waals surface area contributed by atoms with E-state index in [2.05, 4.69) is 76.9 Å². The smallest absolute Gasteiger partial charge is 0.144 e. The fraction of sp³-hybridized carbons (Fsp3) is 0.381. The van der Waals surface area contributed by atoms with Crippen LogP contribution < -0.4 is 0 Å². The molecule has 0 atom stereocenters. The van der Waals surface area contributed by atoms with Crippen molar-refractivity contribution < 1.29 is 0 Å². The SMILES string of the molecule is CCCc1nnc(C(C)(C)c2ccccn2)n1CCc1ccccc1. The first-order valence-corrected chi connectivity index (χ1v) is 9.01. The molecule has 0 unspecified atom stereocenters. The number of hydrogen-bond acceptors (Lipinski definition) is 3. The van der Waals surface area contributed by atoms with Crippen LogP contribution in [0.25, 0.3) is 0 Å². The summed E-state index contributed by atoms with van der Waals surface area (Å²) in [7, 11) is 0. The van der Waals surface area contributed by atoms with Crippen LogP contribution >= 0.6 is 0 Å². The Morgan fingerprint density at radius 1 is 0.920 bits per heavy atom. The number of aromatic nitrogens is 4. The monoisotopic (exact) mass is 334 g/mol. The van der Waals surface area contributed by atoms with E-state index in [1.807, 2.05) is 18.3 Å². The van der Waals surface area contributed by atoms with E-state index >= 15 is 0 Å². The van der Waals surface area contributed by atoms with Gasteiger partial charge in [-0.2, -0.15) is 0 Å². The van der Waals surface area contributed by atoms with Crippen LogP contribution in [0.15, 0.2) is 54.7 Å². The van der Waals surface area contributed by atoms with Gasteiger partial charge in [0.1, 0.15) is 11.6 Å². The maximum Gasteiger partial charge on any atom is 0.144 e. The average molecular weight is 334 g/mol. The Morgan fingerprint density at radius 2 is 1.68 bits per heavy atom. The van der Waals surface area contributed by atoms with Gasteiger partial charge in [-0.15, -0.1) is 10.2 Å². The summed E-state index contributed by atoms with van der Waals surface area (Å²) < 4.78 is 2.30. The predicted octanol–water partition coefficient (Wildman–Crippen LogP) is 4.19. The molecule has 0 N–H and O–H groups in total. The zero-order valence-electron chi connectivity index (χ0n) is 15.3. The van der Waals surface area contributed by atoms with Gasteiger partial charge < -0.3 is 4.57 Å². The summed E-state index contributed by atoms with van der Waals surface area (Å²) in [5.74, 6) is 2.06. The van der Waals surface area contributed by atoms with Crippen LogP contribution in [-0.2, 0) is 24.8 Å². The maximum absolute atomic E-state index is 4.57. The Balaban J connectivity index is 1.94. The van der Waals surface area contributed by atoms with Gasteiger partial charge in [-0.3, -0.25) is 4.98 Å². The molecule has 1 aromatic carbocycles. The van der Waals surface area contributed by atoms with Crippen LogP contribution in [0.2, 0.25) is 0 Å². The number of rotatable bonds is 7. The molecule has 2 heterocycles. The molecule has 0 aliphatic carbocycles. The van der Waals surface area contributed by atoms with Crippen molar-refractivity contribution in [3.8, 4) is 0 Å². The zero-order valence-corrected chi connectivity index (χ0v) is 15.3. The highest BCUT2D eigenvalue weighted by molar-refractivity contribution is 5.25. The summed E-state index contributed by atoms with van der Waals surface area (Å²) in [4.78, 5) is 4.56. The first-order valence-electron chi connectivity index (χ1n) is 9.01. The highest BCUT2D eigenvalue weighted by Gasteiger charge is 2.31. The molecule has 2 aromatic heterocycles. The van der Waals surface area contributed by atoms with Gasteiger partial charge in [0.05, 0.1) is 11.1 Å². The molecule has 3 aromatic rings. The summed E-state index contributed by atoms with van der Waals surface area (Å²) in [6.45, 7) is 7.42. The van der Waals surface area contributed by atoms with Crippen molar-refractivity contribution in [2.75, 3.05) is 0 Å². The van der Waals surface area contributed by atoms with Crippen LogP contribution in [0.1, 0.15) is 50.1 Å². The van der Waals surface area contributed by atoms with Gasteiger partial charge in [-0.1, -0.05) is 43.3 Å². The van der Waals surface area contributed by atoms with E-state index in [4.69, 9.17) is 0 Å². The predicted molar refractivity (Wildman–Crippen MR) is 101 cm³/mol. The number of aryl methyl sites for hydroxylation is 2. The Hall–Kier alpha value is -2.49. The van der Waals surface area contributed by atoms with Crippen molar-refractivity contribution in [2.24, 2.45) is 0 Å². The van der Waals surface area contributed by atoms with Crippen LogP contribution in [0.3, 0.4) is 0 Å². The van der Waals surface area contributed by atoms with E-state index in [-0.39, 0.29) is 5.41 Å². The van der Waals surface area contributed by atoms with Gasteiger partial charge in [-0.25, -0.2) is 0 Å². The third-order valence-corrected chi connectivity index (χ3v) is 4.63. The fourth-order valence-electron chi connectivity index (χ4n) is 3.17.